The van der Waals surface area contributed by atoms with Gasteiger partial charge in [-0.05, 0) is 31.7 Å². The van der Waals surface area contributed by atoms with E-state index in [1.54, 1.807) is 18.5 Å². The molecule has 1 aliphatic rings. The Morgan fingerprint density at radius 2 is 2.00 bits per heavy atom. The Morgan fingerprint density at radius 3 is 2.77 bits per heavy atom. The topological polar surface area (TPSA) is 122 Å². The van der Waals surface area contributed by atoms with Crippen molar-refractivity contribution in [1.29, 1.82) is 0 Å². The lowest BCUT2D eigenvalue weighted by atomic mass is 9.97. The second-order valence-electron chi connectivity index (χ2n) is 6.25. The number of hydrogen-bond acceptors (Lipinski definition) is 7. The average molecular weight is 359 g/mol. The van der Waals surface area contributed by atoms with Crippen molar-refractivity contribution in [2.75, 3.05) is 6.54 Å². The molecule has 0 aromatic carbocycles. The number of hydrogen-bond donors (Lipinski definition) is 1. The van der Waals surface area contributed by atoms with Gasteiger partial charge in [0.05, 0.1) is 0 Å². The number of carbonyl (C=O) groups excluding carboxylic acids is 1. The molecule has 0 saturated carbocycles. The van der Waals surface area contributed by atoms with E-state index in [1.807, 2.05) is 4.90 Å². The van der Waals surface area contributed by atoms with Crippen molar-refractivity contribution >= 4 is 11.9 Å². The van der Waals surface area contributed by atoms with Crippen LogP contribution in [0.5, 0.6) is 0 Å². The number of carbonyl (C=O) groups is 2. The van der Waals surface area contributed by atoms with Gasteiger partial charge in [0.25, 0.3) is 0 Å². The fourth-order valence-electron chi connectivity index (χ4n) is 3.14. The van der Waals surface area contributed by atoms with Gasteiger partial charge < -0.3 is 14.5 Å². The normalized spacial score (nSPS) is 17.2. The number of carboxylic acid groups (broad SMARTS) is 1. The number of aryl methyl sites for hydroxylation is 1. The zero-order chi connectivity index (χ0) is 18.4. The lowest BCUT2D eigenvalue weighted by Crippen LogP contribution is -2.44. The van der Waals surface area contributed by atoms with Crippen LogP contribution in [0, 0.1) is 0 Å². The Balaban J connectivity index is 1.56. The van der Waals surface area contributed by atoms with Crippen LogP contribution in [0.25, 0.3) is 11.6 Å². The molecule has 138 valence electrons. The van der Waals surface area contributed by atoms with Gasteiger partial charge in [0.15, 0.2) is 0 Å². The minimum Gasteiger partial charge on any atom is -0.481 e. The molecule has 0 spiro atoms. The predicted octanol–water partition coefficient (Wildman–Crippen LogP) is 1.71. The first kappa shape index (κ1) is 18.0. The molecule has 1 unspecified atom stereocenters. The van der Waals surface area contributed by atoms with E-state index in [0.29, 0.717) is 36.9 Å². The van der Waals surface area contributed by atoms with Crippen LogP contribution in [-0.4, -0.2) is 54.6 Å². The molecule has 0 radical (unpaired) electrons. The Labute approximate surface area is 150 Å². The zero-order valence-electron chi connectivity index (χ0n) is 14.4. The van der Waals surface area contributed by atoms with E-state index in [4.69, 9.17) is 9.63 Å². The lowest BCUT2D eigenvalue weighted by molar-refractivity contribution is -0.140. The summed E-state index contributed by atoms with van der Waals surface area (Å²) in [5.41, 5.74) is 0. The number of nitrogens with zero attached hydrogens (tertiary/aromatic N) is 5. The number of aromatic nitrogens is 4. The Bertz CT molecular complexity index is 749. The average Bonchev–Trinajstić information content (AvgIpc) is 3.14. The molecule has 0 aliphatic carbocycles. The zero-order valence-corrected chi connectivity index (χ0v) is 14.4. The third-order valence-electron chi connectivity index (χ3n) is 4.43. The van der Waals surface area contributed by atoms with Crippen molar-refractivity contribution in [3.8, 4) is 11.6 Å². The molecule has 1 saturated heterocycles. The monoisotopic (exact) mass is 359 g/mol. The molecule has 1 amide bonds. The lowest BCUT2D eigenvalue weighted by Gasteiger charge is -2.35. The van der Waals surface area contributed by atoms with E-state index >= 15 is 0 Å². The van der Waals surface area contributed by atoms with E-state index in [2.05, 4.69) is 20.1 Å². The van der Waals surface area contributed by atoms with Gasteiger partial charge in [-0.2, -0.15) is 4.98 Å². The van der Waals surface area contributed by atoms with Crippen LogP contribution in [0.4, 0.5) is 0 Å². The molecule has 1 atom stereocenters. The highest BCUT2D eigenvalue weighted by atomic mass is 16.5. The third kappa shape index (κ3) is 4.62. The standard InChI is InChI=1S/C17H21N5O4/c23-14(22-11-2-1-4-12(22)5-8-15(24)25)7-6-13-20-17(21-26-13)16-18-9-3-10-19-16/h3,9-10,12H,1-2,4-8,11H2,(H,24,25). The number of rotatable bonds is 7. The second-order valence-corrected chi connectivity index (χ2v) is 6.25. The molecular weight excluding hydrogens is 338 g/mol. The van der Waals surface area contributed by atoms with E-state index in [1.165, 1.54) is 0 Å². The molecule has 0 bridgehead atoms. The van der Waals surface area contributed by atoms with Gasteiger partial charge in [-0.15, -0.1) is 0 Å². The summed E-state index contributed by atoms with van der Waals surface area (Å²) in [7, 11) is 0. The minimum atomic E-state index is -0.829. The first-order valence-electron chi connectivity index (χ1n) is 8.74. The summed E-state index contributed by atoms with van der Waals surface area (Å²) >= 11 is 0. The Hall–Kier alpha value is -2.84. The van der Waals surface area contributed by atoms with Crippen LogP contribution in [-0.2, 0) is 16.0 Å². The Morgan fingerprint density at radius 1 is 1.19 bits per heavy atom. The maximum Gasteiger partial charge on any atom is 0.303 e. The molecule has 9 heteroatoms. The first-order valence-corrected chi connectivity index (χ1v) is 8.74. The largest absolute Gasteiger partial charge is 0.481 e. The van der Waals surface area contributed by atoms with Gasteiger partial charge >= 0.3 is 5.97 Å². The Kier molecular flexibility index (Phi) is 5.88. The van der Waals surface area contributed by atoms with Gasteiger partial charge in [0.1, 0.15) is 0 Å². The first-order chi connectivity index (χ1) is 12.6. The molecule has 3 rings (SSSR count). The SMILES string of the molecule is O=C(O)CCC1CCCCN1C(=O)CCc1nc(-c2ncccn2)no1. The highest BCUT2D eigenvalue weighted by Crippen LogP contribution is 2.22. The maximum atomic E-state index is 12.6. The molecule has 26 heavy (non-hydrogen) atoms. The third-order valence-corrected chi connectivity index (χ3v) is 4.43. The van der Waals surface area contributed by atoms with Gasteiger partial charge in [-0.25, -0.2) is 9.97 Å². The quantitative estimate of drug-likeness (QED) is 0.792. The summed E-state index contributed by atoms with van der Waals surface area (Å²) in [5, 5.41) is 12.7. The number of likely N-dealkylation sites (tertiary alicyclic amines) is 1. The van der Waals surface area contributed by atoms with Gasteiger partial charge in [0.2, 0.25) is 23.4 Å². The second kappa shape index (κ2) is 8.50. The molecule has 9 nitrogen and oxygen atoms in total. The van der Waals surface area contributed by atoms with Gasteiger partial charge in [-0.1, -0.05) is 5.16 Å². The summed E-state index contributed by atoms with van der Waals surface area (Å²) < 4.78 is 5.17. The number of aliphatic carboxylic acids is 1. The van der Waals surface area contributed by atoms with Crippen LogP contribution in [0.15, 0.2) is 23.0 Å². The molecular formula is C17H21N5O4. The molecule has 1 N–H and O–H groups in total. The van der Waals surface area contributed by atoms with Crippen LogP contribution >= 0.6 is 0 Å². The highest BCUT2D eigenvalue weighted by molar-refractivity contribution is 5.77. The number of amides is 1. The summed E-state index contributed by atoms with van der Waals surface area (Å²) in [6, 6.07) is 1.70. The number of piperidine rings is 1. The minimum absolute atomic E-state index is 0.00307. The van der Waals surface area contributed by atoms with Crippen LogP contribution in [0.3, 0.4) is 0 Å². The van der Waals surface area contributed by atoms with Crippen LogP contribution < -0.4 is 0 Å². The molecule has 1 aliphatic heterocycles. The van der Waals surface area contributed by atoms with E-state index < -0.39 is 5.97 Å². The summed E-state index contributed by atoms with van der Waals surface area (Å²) in [6.07, 6.45) is 7.18. The molecule has 2 aromatic heterocycles. The van der Waals surface area contributed by atoms with Crippen molar-refractivity contribution in [3.05, 3.63) is 24.4 Å². The van der Waals surface area contributed by atoms with E-state index in [9.17, 15) is 9.59 Å². The van der Waals surface area contributed by atoms with E-state index in [-0.39, 0.29) is 24.8 Å². The highest BCUT2D eigenvalue weighted by Gasteiger charge is 2.27. The van der Waals surface area contributed by atoms with Crippen molar-refractivity contribution in [2.24, 2.45) is 0 Å². The van der Waals surface area contributed by atoms with Crippen molar-refractivity contribution in [2.45, 2.75) is 51.0 Å². The van der Waals surface area contributed by atoms with Gasteiger partial charge in [-0.3, -0.25) is 9.59 Å². The summed E-state index contributed by atoms with van der Waals surface area (Å²) in [5.74, 6) is 0.198. The molecule has 1 fully saturated rings. The van der Waals surface area contributed by atoms with Crippen LogP contribution in [0.1, 0.15) is 44.4 Å². The summed E-state index contributed by atoms with van der Waals surface area (Å²) in [6.45, 7) is 0.677. The fourth-order valence-corrected chi connectivity index (χ4v) is 3.14. The number of carboxylic acids is 1. The smallest absolute Gasteiger partial charge is 0.303 e. The van der Waals surface area contributed by atoms with Crippen LogP contribution in [0.2, 0.25) is 0 Å². The summed E-state index contributed by atoms with van der Waals surface area (Å²) in [4.78, 5) is 37.5. The van der Waals surface area contributed by atoms with Crippen molar-refractivity contribution in [1.82, 2.24) is 25.0 Å². The van der Waals surface area contributed by atoms with Crippen molar-refractivity contribution < 1.29 is 19.2 Å². The molecule has 2 aromatic rings. The molecule has 3 heterocycles. The van der Waals surface area contributed by atoms with Crippen molar-refractivity contribution in [3.63, 3.8) is 0 Å². The van der Waals surface area contributed by atoms with Gasteiger partial charge in [0, 0.05) is 44.2 Å². The van der Waals surface area contributed by atoms with E-state index in [0.717, 1.165) is 19.3 Å². The fraction of sp³-hybridized carbons (Fsp3) is 0.529. The predicted molar refractivity (Wildman–Crippen MR) is 89.9 cm³/mol. The maximum absolute atomic E-state index is 12.6.